The average molecular weight is 281 g/mol. The Balaban J connectivity index is 1.76. The highest BCUT2D eigenvalue weighted by Crippen LogP contribution is 2.34. The molecule has 0 spiro atoms. The van der Waals surface area contributed by atoms with E-state index >= 15 is 0 Å². The monoisotopic (exact) mass is 280 g/mol. The molecule has 2 rings (SSSR count). The zero-order chi connectivity index (χ0) is 14.6. The van der Waals surface area contributed by atoms with E-state index in [-0.39, 0.29) is 5.54 Å². The van der Waals surface area contributed by atoms with Crippen molar-refractivity contribution in [3.05, 3.63) is 0 Å². The number of nitrogens with zero attached hydrogens (tertiary/aromatic N) is 1. The lowest BCUT2D eigenvalue weighted by molar-refractivity contribution is 0.0600. The van der Waals surface area contributed by atoms with Gasteiger partial charge in [0, 0.05) is 11.6 Å². The predicted molar refractivity (Wildman–Crippen MR) is 88.1 cm³/mol. The summed E-state index contributed by atoms with van der Waals surface area (Å²) in [5.74, 6) is 1.91. The standard InChI is InChI=1S/C18H36N2/c1-5-7-15-8-6-12-20(13-11-15)17-10-9-16(17)14-19-18(2,3)4/h15-17,19H,5-14H2,1-4H3. The third-order valence-corrected chi connectivity index (χ3v) is 5.32. The molecule has 20 heavy (non-hydrogen) atoms. The molecule has 2 nitrogen and oxygen atoms in total. The van der Waals surface area contributed by atoms with Crippen molar-refractivity contribution in [1.29, 1.82) is 0 Å². The zero-order valence-electron chi connectivity index (χ0n) is 14.3. The Kier molecular flexibility index (Phi) is 5.92. The molecule has 3 atom stereocenters. The second-order valence-electron chi connectivity index (χ2n) is 8.16. The Morgan fingerprint density at radius 2 is 1.85 bits per heavy atom. The Bertz CT molecular complexity index is 282. The maximum absolute atomic E-state index is 3.71. The van der Waals surface area contributed by atoms with Crippen molar-refractivity contribution in [1.82, 2.24) is 10.2 Å². The van der Waals surface area contributed by atoms with Crippen LogP contribution in [0.4, 0.5) is 0 Å². The summed E-state index contributed by atoms with van der Waals surface area (Å²) in [5, 5.41) is 3.71. The molecule has 1 aliphatic carbocycles. The molecule has 1 heterocycles. The first-order valence-corrected chi connectivity index (χ1v) is 8.98. The van der Waals surface area contributed by atoms with Gasteiger partial charge in [-0.25, -0.2) is 0 Å². The van der Waals surface area contributed by atoms with E-state index in [1.165, 1.54) is 64.6 Å². The van der Waals surface area contributed by atoms with Crippen molar-refractivity contribution in [2.24, 2.45) is 11.8 Å². The van der Waals surface area contributed by atoms with E-state index in [1.807, 2.05) is 0 Å². The fourth-order valence-corrected chi connectivity index (χ4v) is 3.92. The molecular formula is C18H36N2. The minimum absolute atomic E-state index is 0.269. The van der Waals surface area contributed by atoms with Gasteiger partial charge in [0.2, 0.25) is 0 Å². The summed E-state index contributed by atoms with van der Waals surface area (Å²) in [4.78, 5) is 2.83. The molecule has 0 aromatic heterocycles. The van der Waals surface area contributed by atoms with E-state index in [0.29, 0.717) is 0 Å². The van der Waals surface area contributed by atoms with Crippen LogP contribution in [0.1, 0.15) is 72.6 Å². The average Bonchev–Trinajstić information content (AvgIpc) is 2.53. The molecule has 2 fully saturated rings. The largest absolute Gasteiger partial charge is 0.312 e. The van der Waals surface area contributed by atoms with Crippen LogP contribution >= 0.6 is 0 Å². The van der Waals surface area contributed by atoms with E-state index in [9.17, 15) is 0 Å². The summed E-state index contributed by atoms with van der Waals surface area (Å²) in [6.45, 7) is 13.1. The van der Waals surface area contributed by atoms with E-state index < -0.39 is 0 Å². The van der Waals surface area contributed by atoms with Gasteiger partial charge >= 0.3 is 0 Å². The number of likely N-dealkylation sites (tertiary alicyclic amines) is 1. The van der Waals surface area contributed by atoms with Crippen LogP contribution in [0.3, 0.4) is 0 Å². The smallest absolute Gasteiger partial charge is 0.0136 e. The lowest BCUT2D eigenvalue weighted by Crippen LogP contribution is -2.53. The maximum Gasteiger partial charge on any atom is 0.0136 e. The van der Waals surface area contributed by atoms with Crippen LogP contribution in [0.25, 0.3) is 0 Å². The van der Waals surface area contributed by atoms with Crippen LogP contribution in [0.2, 0.25) is 0 Å². The zero-order valence-corrected chi connectivity index (χ0v) is 14.3. The van der Waals surface area contributed by atoms with E-state index in [1.54, 1.807) is 0 Å². The van der Waals surface area contributed by atoms with Crippen LogP contribution in [-0.4, -0.2) is 36.1 Å². The molecule has 0 amide bonds. The fraction of sp³-hybridized carbons (Fsp3) is 1.00. The predicted octanol–water partition coefficient (Wildman–Crippen LogP) is 4.06. The molecule has 0 radical (unpaired) electrons. The van der Waals surface area contributed by atoms with Gasteiger partial charge in [0.05, 0.1) is 0 Å². The second-order valence-corrected chi connectivity index (χ2v) is 8.16. The summed E-state index contributed by atoms with van der Waals surface area (Å²) in [7, 11) is 0. The minimum Gasteiger partial charge on any atom is -0.312 e. The highest BCUT2D eigenvalue weighted by atomic mass is 15.2. The van der Waals surface area contributed by atoms with Gasteiger partial charge in [0.1, 0.15) is 0 Å². The number of hydrogen-bond acceptors (Lipinski definition) is 2. The van der Waals surface area contributed by atoms with Crippen molar-refractivity contribution < 1.29 is 0 Å². The number of nitrogens with one attached hydrogen (secondary N) is 1. The first-order valence-electron chi connectivity index (χ1n) is 8.98. The van der Waals surface area contributed by atoms with Crippen molar-refractivity contribution in [2.75, 3.05) is 19.6 Å². The van der Waals surface area contributed by atoms with Crippen molar-refractivity contribution in [3.8, 4) is 0 Å². The summed E-state index contributed by atoms with van der Waals surface area (Å²) >= 11 is 0. The van der Waals surface area contributed by atoms with Gasteiger partial charge in [0.25, 0.3) is 0 Å². The maximum atomic E-state index is 3.71. The molecule has 0 bridgehead atoms. The Labute approximate surface area is 126 Å². The van der Waals surface area contributed by atoms with Crippen LogP contribution in [0.5, 0.6) is 0 Å². The molecule has 1 saturated carbocycles. The normalized spacial score (nSPS) is 32.7. The first kappa shape index (κ1) is 16.3. The summed E-state index contributed by atoms with van der Waals surface area (Å²) in [6, 6.07) is 0.880. The third kappa shape index (κ3) is 4.73. The van der Waals surface area contributed by atoms with Crippen LogP contribution in [-0.2, 0) is 0 Å². The molecule has 0 aromatic rings. The molecule has 1 N–H and O–H groups in total. The topological polar surface area (TPSA) is 15.3 Å². The molecule has 2 heteroatoms. The van der Waals surface area contributed by atoms with Crippen LogP contribution < -0.4 is 5.32 Å². The highest BCUT2D eigenvalue weighted by molar-refractivity contribution is 4.92. The van der Waals surface area contributed by atoms with Crippen molar-refractivity contribution in [2.45, 2.75) is 84.2 Å². The van der Waals surface area contributed by atoms with Gasteiger partial charge in [-0.1, -0.05) is 19.8 Å². The Morgan fingerprint density at radius 1 is 1.05 bits per heavy atom. The first-order chi connectivity index (χ1) is 9.49. The quantitative estimate of drug-likeness (QED) is 0.817. The molecule has 3 unspecified atom stereocenters. The van der Waals surface area contributed by atoms with E-state index in [0.717, 1.165) is 17.9 Å². The summed E-state index contributed by atoms with van der Waals surface area (Å²) in [6.07, 6.45) is 10.0. The van der Waals surface area contributed by atoms with E-state index in [4.69, 9.17) is 0 Å². The lowest BCUT2D eigenvalue weighted by Gasteiger charge is -2.45. The van der Waals surface area contributed by atoms with Crippen molar-refractivity contribution >= 4 is 0 Å². The third-order valence-electron chi connectivity index (χ3n) is 5.32. The van der Waals surface area contributed by atoms with Gasteiger partial charge in [-0.15, -0.1) is 0 Å². The van der Waals surface area contributed by atoms with Crippen LogP contribution in [0.15, 0.2) is 0 Å². The van der Waals surface area contributed by atoms with Crippen molar-refractivity contribution in [3.63, 3.8) is 0 Å². The van der Waals surface area contributed by atoms with Gasteiger partial charge < -0.3 is 10.2 Å². The second kappa shape index (κ2) is 7.26. The molecular weight excluding hydrogens is 244 g/mol. The highest BCUT2D eigenvalue weighted by Gasteiger charge is 2.36. The molecule has 118 valence electrons. The van der Waals surface area contributed by atoms with E-state index in [2.05, 4.69) is 37.9 Å². The van der Waals surface area contributed by atoms with Gasteiger partial charge in [-0.3, -0.25) is 0 Å². The Hall–Kier alpha value is -0.0800. The lowest BCUT2D eigenvalue weighted by atomic mass is 9.78. The summed E-state index contributed by atoms with van der Waals surface area (Å²) < 4.78 is 0. The van der Waals surface area contributed by atoms with Crippen LogP contribution in [0, 0.1) is 11.8 Å². The summed E-state index contributed by atoms with van der Waals surface area (Å²) in [5.41, 5.74) is 0.269. The fourth-order valence-electron chi connectivity index (χ4n) is 3.92. The van der Waals surface area contributed by atoms with Gasteiger partial charge in [0.15, 0.2) is 0 Å². The van der Waals surface area contributed by atoms with Gasteiger partial charge in [-0.05, 0) is 84.3 Å². The minimum atomic E-state index is 0.269. The molecule has 1 saturated heterocycles. The van der Waals surface area contributed by atoms with Gasteiger partial charge in [-0.2, -0.15) is 0 Å². The molecule has 2 aliphatic rings. The SMILES string of the molecule is CCCC1CCCN(C2CCC2CNC(C)(C)C)CC1. The Morgan fingerprint density at radius 3 is 2.45 bits per heavy atom. The number of hydrogen-bond donors (Lipinski definition) is 1. The molecule has 0 aromatic carbocycles. The number of rotatable bonds is 5. The molecule has 1 aliphatic heterocycles.